The van der Waals surface area contributed by atoms with E-state index in [1.807, 2.05) is 84.9 Å². The normalized spacial score (nSPS) is 11.5. The highest BCUT2D eigenvalue weighted by Gasteiger charge is 2.23. The number of para-hydroxylation sites is 2. The van der Waals surface area contributed by atoms with Gasteiger partial charge in [0, 0.05) is 49.4 Å². The first-order valence-corrected chi connectivity index (χ1v) is 22.2. The minimum atomic E-state index is 0.563. The maximum atomic E-state index is 10.4. The van der Waals surface area contributed by atoms with Crippen LogP contribution in [-0.4, -0.2) is 24.1 Å². The van der Waals surface area contributed by atoms with Crippen LogP contribution in [0.25, 0.3) is 111 Å². The van der Waals surface area contributed by atoms with Crippen LogP contribution in [0.2, 0.25) is 0 Å². The summed E-state index contributed by atoms with van der Waals surface area (Å²) in [5.74, 6) is 1.76. The zero-order valence-corrected chi connectivity index (χ0v) is 36.3. The highest BCUT2D eigenvalue weighted by Crippen LogP contribution is 2.44. The number of aromatic nitrogens is 5. The average molecular weight is 845 g/mol. The van der Waals surface area contributed by atoms with Gasteiger partial charge in [0.1, 0.15) is 0 Å². The fraction of sp³-hybridized carbons (Fsp3) is 0.0333. The molecule has 0 fully saturated rings. The quantitative estimate of drug-likeness (QED) is 0.160. The summed E-state index contributed by atoms with van der Waals surface area (Å²) in [7, 11) is 0. The van der Waals surface area contributed by atoms with E-state index in [4.69, 9.17) is 15.0 Å². The summed E-state index contributed by atoms with van der Waals surface area (Å²) in [6.07, 6.45) is 0. The number of benzene rings is 9. The van der Waals surface area contributed by atoms with Gasteiger partial charge in [0.05, 0.1) is 45.1 Å². The standard InChI is InChI=1S/C60H40N6/c1-38-25-29-54-48(33-38)46-21-11-13-23-52(46)65(54)56-31-27-42(45-20-10-9-19-44(45)37-61)35-50(56)51-36-43(28-32-57(51)66-53-24-14-12-22-47(53)49-34-39(2)26-30-55(49)66)60-63-58(40-15-5-3-6-16-40)62-59(64-60)41-17-7-4-8-18-41/h3-36H,1-2H3. The molecule has 0 bridgehead atoms. The molecule has 3 aromatic heterocycles. The van der Waals surface area contributed by atoms with E-state index in [-0.39, 0.29) is 0 Å². The summed E-state index contributed by atoms with van der Waals surface area (Å²) >= 11 is 0. The van der Waals surface area contributed by atoms with Crippen molar-refractivity contribution in [2.45, 2.75) is 13.8 Å². The maximum Gasteiger partial charge on any atom is 0.164 e. The highest BCUT2D eigenvalue weighted by molar-refractivity contribution is 6.12. The molecule has 66 heavy (non-hydrogen) atoms. The van der Waals surface area contributed by atoms with Gasteiger partial charge < -0.3 is 9.13 Å². The molecule has 9 aromatic carbocycles. The lowest BCUT2D eigenvalue weighted by Gasteiger charge is -2.21. The van der Waals surface area contributed by atoms with Gasteiger partial charge in [-0.05, 0) is 97.8 Å². The predicted octanol–water partition coefficient (Wildman–Crippen LogP) is 14.9. The monoisotopic (exact) mass is 844 g/mol. The molecule has 0 atom stereocenters. The lowest BCUT2D eigenvalue weighted by atomic mass is 9.93. The molecule has 12 rings (SSSR count). The van der Waals surface area contributed by atoms with Gasteiger partial charge in [-0.25, -0.2) is 15.0 Å². The second kappa shape index (κ2) is 15.7. The molecule has 0 aliphatic heterocycles. The second-order valence-electron chi connectivity index (χ2n) is 16.9. The van der Waals surface area contributed by atoms with Crippen LogP contribution >= 0.6 is 0 Å². The molecule has 0 saturated carbocycles. The predicted molar refractivity (Wildman–Crippen MR) is 270 cm³/mol. The lowest BCUT2D eigenvalue weighted by molar-refractivity contribution is 1.07. The summed E-state index contributed by atoms with van der Waals surface area (Å²) in [4.78, 5) is 15.5. The third-order valence-corrected chi connectivity index (χ3v) is 12.7. The molecule has 0 aliphatic rings. The van der Waals surface area contributed by atoms with E-state index in [1.54, 1.807) is 0 Å². The Morgan fingerprint density at radius 1 is 0.348 bits per heavy atom. The number of hydrogen-bond donors (Lipinski definition) is 0. The van der Waals surface area contributed by atoms with Crippen LogP contribution in [0.5, 0.6) is 0 Å². The Labute approximate surface area is 382 Å². The fourth-order valence-corrected chi connectivity index (χ4v) is 9.66. The molecule has 0 spiro atoms. The number of nitrogens with zero attached hydrogens (tertiary/aromatic N) is 6. The van der Waals surface area contributed by atoms with Gasteiger partial charge >= 0.3 is 0 Å². The second-order valence-corrected chi connectivity index (χ2v) is 16.9. The Balaban J connectivity index is 1.22. The van der Waals surface area contributed by atoms with Crippen molar-refractivity contribution < 1.29 is 0 Å². The molecule has 12 aromatic rings. The van der Waals surface area contributed by atoms with E-state index in [0.29, 0.717) is 23.0 Å². The van der Waals surface area contributed by atoms with Gasteiger partial charge in [-0.3, -0.25) is 0 Å². The van der Waals surface area contributed by atoms with Crippen molar-refractivity contribution >= 4 is 43.6 Å². The van der Waals surface area contributed by atoms with Crippen LogP contribution in [0, 0.1) is 25.2 Å². The van der Waals surface area contributed by atoms with Gasteiger partial charge in [-0.2, -0.15) is 5.26 Å². The van der Waals surface area contributed by atoms with E-state index in [9.17, 15) is 5.26 Å². The van der Waals surface area contributed by atoms with Crippen molar-refractivity contribution in [2.75, 3.05) is 0 Å². The number of nitriles is 1. The number of rotatable bonds is 7. The third-order valence-electron chi connectivity index (χ3n) is 12.7. The van der Waals surface area contributed by atoms with Crippen LogP contribution in [0.3, 0.4) is 0 Å². The van der Waals surface area contributed by atoms with Crippen molar-refractivity contribution in [2.24, 2.45) is 0 Å². The maximum absolute atomic E-state index is 10.4. The van der Waals surface area contributed by atoms with Crippen LogP contribution in [0.1, 0.15) is 16.7 Å². The summed E-state index contributed by atoms with van der Waals surface area (Å²) < 4.78 is 4.80. The largest absolute Gasteiger partial charge is 0.309 e. The Kier molecular flexibility index (Phi) is 9.22. The van der Waals surface area contributed by atoms with Crippen molar-refractivity contribution in [3.8, 4) is 73.9 Å². The van der Waals surface area contributed by atoms with Gasteiger partial charge in [0.2, 0.25) is 0 Å². The Morgan fingerprint density at radius 3 is 1.30 bits per heavy atom. The van der Waals surface area contributed by atoms with E-state index in [1.165, 1.54) is 32.7 Å². The third kappa shape index (κ3) is 6.45. The van der Waals surface area contributed by atoms with Crippen molar-refractivity contribution in [1.29, 1.82) is 5.26 Å². The number of fused-ring (bicyclic) bond motifs is 6. The molecular formula is C60H40N6. The van der Waals surface area contributed by atoms with Crippen LogP contribution in [-0.2, 0) is 0 Å². The molecule has 0 amide bonds. The molecule has 0 N–H and O–H groups in total. The van der Waals surface area contributed by atoms with Gasteiger partial charge in [0.25, 0.3) is 0 Å². The van der Waals surface area contributed by atoms with Gasteiger partial charge in [-0.1, -0.05) is 145 Å². The summed E-state index contributed by atoms with van der Waals surface area (Å²) in [5, 5.41) is 15.2. The molecule has 6 nitrogen and oxygen atoms in total. The average Bonchev–Trinajstić information content (AvgIpc) is 3.88. The zero-order chi connectivity index (χ0) is 44.3. The minimum Gasteiger partial charge on any atom is -0.309 e. The van der Waals surface area contributed by atoms with Gasteiger partial charge in [-0.15, -0.1) is 0 Å². The first-order valence-electron chi connectivity index (χ1n) is 22.2. The van der Waals surface area contributed by atoms with Crippen molar-refractivity contribution in [1.82, 2.24) is 24.1 Å². The zero-order valence-electron chi connectivity index (χ0n) is 36.3. The Hall–Kier alpha value is -8.92. The SMILES string of the molecule is Cc1ccc2c(c1)c1ccccc1n2-c1ccc(-c2nc(-c3ccccc3)nc(-c3ccccc3)n2)cc1-c1cc(-c2ccccc2C#N)ccc1-n1c2ccccc2c2cc(C)ccc21. The van der Waals surface area contributed by atoms with Crippen LogP contribution in [0.4, 0.5) is 0 Å². The van der Waals surface area contributed by atoms with Crippen LogP contribution in [0.15, 0.2) is 206 Å². The molecule has 0 saturated heterocycles. The van der Waals surface area contributed by atoms with Gasteiger partial charge in [0.15, 0.2) is 17.5 Å². The van der Waals surface area contributed by atoms with E-state index in [2.05, 4.69) is 150 Å². The minimum absolute atomic E-state index is 0.563. The number of aryl methyl sites for hydroxylation is 2. The molecule has 0 aliphatic carbocycles. The van der Waals surface area contributed by atoms with Crippen LogP contribution < -0.4 is 0 Å². The fourth-order valence-electron chi connectivity index (χ4n) is 9.66. The first kappa shape index (κ1) is 38.7. The lowest BCUT2D eigenvalue weighted by Crippen LogP contribution is -2.04. The van der Waals surface area contributed by atoms with Crippen molar-refractivity contribution in [3.63, 3.8) is 0 Å². The van der Waals surface area contributed by atoms with E-state index < -0.39 is 0 Å². The van der Waals surface area contributed by atoms with E-state index in [0.717, 1.165) is 72.4 Å². The topological polar surface area (TPSA) is 72.3 Å². The highest BCUT2D eigenvalue weighted by atomic mass is 15.0. The Bertz CT molecular complexity index is 3850. The molecule has 310 valence electrons. The molecular weight excluding hydrogens is 805 g/mol. The Morgan fingerprint density at radius 2 is 0.773 bits per heavy atom. The summed E-state index contributed by atoms with van der Waals surface area (Å²) in [5.41, 5.74) is 15.9. The molecule has 3 heterocycles. The molecule has 0 unspecified atom stereocenters. The molecule has 0 radical (unpaired) electrons. The summed E-state index contributed by atoms with van der Waals surface area (Å²) in [6, 6.07) is 74.5. The molecule has 6 heteroatoms. The summed E-state index contributed by atoms with van der Waals surface area (Å²) in [6.45, 7) is 4.30. The van der Waals surface area contributed by atoms with Crippen molar-refractivity contribution in [3.05, 3.63) is 223 Å². The number of hydrogen-bond acceptors (Lipinski definition) is 4. The first-order chi connectivity index (χ1) is 32.5. The smallest absolute Gasteiger partial charge is 0.164 e. The van der Waals surface area contributed by atoms with E-state index >= 15 is 0 Å².